The van der Waals surface area contributed by atoms with Crippen molar-refractivity contribution in [3.8, 4) is 5.75 Å². The summed E-state index contributed by atoms with van der Waals surface area (Å²) in [5, 5.41) is 0. The fourth-order valence-electron chi connectivity index (χ4n) is 2.21. The minimum atomic E-state index is -0.156. The molecular formula is C15H20N4O. The number of hydrogen-bond acceptors (Lipinski definition) is 5. The molecule has 0 aliphatic carbocycles. The van der Waals surface area contributed by atoms with E-state index in [1.807, 2.05) is 39.0 Å². The molecular weight excluding hydrogens is 252 g/mol. The van der Waals surface area contributed by atoms with Crippen LogP contribution in [-0.2, 0) is 0 Å². The van der Waals surface area contributed by atoms with Crippen molar-refractivity contribution in [3.05, 3.63) is 53.1 Å². The van der Waals surface area contributed by atoms with Crippen molar-refractivity contribution in [2.24, 2.45) is 5.84 Å². The normalized spacial score (nSPS) is 12.2. The molecule has 2 aromatic rings. The molecule has 3 N–H and O–H groups in total. The number of hydrazine groups is 1. The summed E-state index contributed by atoms with van der Waals surface area (Å²) in [7, 11) is 0. The lowest BCUT2D eigenvalue weighted by Crippen LogP contribution is -2.29. The standard InChI is InChI=1S/C15H20N4O/c1-4-20-13-7-12(8-17-9-13)15(19-16)14-6-5-10(2)18-11(14)3/h5-9,15,19H,4,16H2,1-3H3. The summed E-state index contributed by atoms with van der Waals surface area (Å²) in [5.74, 6) is 6.46. The van der Waals surface area contributed by atoms with E-state index in [1.165, 1.54) is 0 Å². The van der Waals surface area contributed by atoms with Gasteiger partial charge in [0.05, 0.1) is 18.8 Å². The molecule has 2 rings (SSSR count). The van der Waals surface area contributed by atoms with E-state index in [0.29, 0.717) is 6.61 Å². The molecule has 0 amide bonds. The number of pyridine rings is 2. The first-order valence-electron chi connectivity index (χ1n) is 6.63. The summed E-state index contributed by atoms with van der Waals surface area (Å²) in [4.78, 5) is 8.68. The van der Waals surface area contributed by atoms with Crippen molar-refractivity contribution >= 4 is 0 Å². The number of aromatic nitrogens is 2. The third-order valence-corrected chi connectivity index (χ3v) is 3.12. The fraction of sp³-hybridized carbons (Fsp3) is 0.333. The Morgan fingerprint density at radius 2 is 2.10 bits per heavy atom. The molecule has 0 bridgehead atoms. The van der Waals surface area contributed by atoms with Crippen LogP contribution in [0.2, 0.25) is 0 Å². The second-order valence-electron chi connectivity index (χ2n) is 4.61. The summed E-state index contributed by atoms with van der Waals surface area (Å²) in [5.41, 5.74) is 6.76. The molecule has 0 saturated heterocycles. The number of hydrogen-bond donors (Lipinski definition) is 2. The van der Waals surface area contributed by atoms with Crippen LogP contribution < -0.4 is 16.0 Å². The zero-order chi connectivity index (χ0) is 14.5. The molecule has 0 aliphatic heterocycles. The molecule has 0 radical (unpaired) electrons. The van der Waals surface area contributed by atoms with Gasteiger partial charge in [0.1, 0.15) is 5.75 Å². The van der Waals surface area contributed by atoms with Crippen LogP contribution in [0, 0.1) is 13.8 Å². The van der Waals surface area contributed by atoms with E-state index in [-0.39, 0.29) is 6.04 Å². The molecule has 1 atom stereocenters. The third kappa shape index (κ3) is 3.12. The van der Waals surface area contributed by atoms with Gasteiger partial charge in [-0.05, 0) is 44.0 Å². The van der Waals surface area contributed by atoms with Gasteiger partial charge in [0.15, 0.2) is 0 Å². The van der Waals surface area contributed by atoms with Crippen molar-refractivity contribution in [2.45, 2.75) is 26.8 Å². The van der Waals surface area contributed by atoms with Crippen LogP contribution in [0.4, 0.5) is 0 Å². The Kier molecular flexibility index (Phi) is 4.65. The van der Waals surface area contributed by atoms with E-state index in [0.717, 1.165) is 28.3 Å². The first-order chi connectivity index (χ1) is 9.65. The van der Waals surface area contributed by atoms with E-state index in [4.69, 9.17) is 10.6 Å². The lowest BCUT2D eigenvalue weighted by Gasteiger charge is -2.19. The second-order valence-corrected chi connectivity index (χ2v) is 4.61. The molecule has 20 heavy (non-hydrogen) atoms. The third-order valence-electron chi connectivity index (χ3n) is 3.12. The van der Waals surface area contributed by atoms with Crippen LogP contribution in [0.15, 0.2) is 30.6 Å². The van der Waals surface area contributed by atoms with Gasteiger partial charge in [0.2, 0.25) is 0 Å². The molecule has 0 fully saturated rings. The smallest absolute Gasteiger partial charge is 0.137 e. The Labute approximate surface area is 119 Å². The largest absolute Gasteiger partial charge is 0.492 e. The summed E-state index contributed by atoms with van der Waals surface area (Å²) in [6.07, 6.45) is 3.48. The van der Waals surface area contributed by atoms with Gasteiger partial charge in [0.25, 0.3) is 0 Å². The highest BCUT2D eigenvalue weighted by Crippen LogP contribution is 2.25. The first-order valence-corrected chi connectivity index (χ1v) is 6.63. The first kappa shape index (κ1) is 14.4. The predicted molar refractivity (Wildman–Crippen MR) is 78.3 cm³/mol. The number of nitrogens with zero attached hydrogens (tertiary/aromatic N) is 2. The zero-order valence-corrected chi connectivity index (χ0v) is 12.1. The molecule has 0 spiro atoms. The Bertz CT molecular complexity index is 586. The van der Waals surface area contributed by atoms with E-state index >= 15 is 0 Å². The molecule has 106 valence electrons. The maximum absolute atomic E-state index is 5.72. The van der Waals surface area contributed by atoms with Gasteiger partial charge in [-0.3, -0.25) is 15.8 Å². The number of ether oxygens (including phenoxy) is 1. The number of rotatable bonds is 5. The van der Waals surface area contributed by atoms with E-state index < -0.39 is 0 Å². The van der Waals surface area contributed by atoms with E-state index in [2.05, 4.69) is 15.4 Å². The minimum Gasteiger partial charge on any atom is -0.492 e. The maximum Gasteiger partial charge on any atom is 0.137 e. The van der Waals surface area contributed by atoms with Crippen molar-refractivity contribution in [1.82, 2.24) is 15.4 Å². The van der Waals surface area contributed by atoms with Crippen molar-refractivity contribution in [2.75, 3.05) is 6.61 Å². The Hall–Kier alpha value is -1.98. The van der Waals surface area contributed by atoms with Gasteiger partial charge in [-0.1, -0.05) is 6.07 Å². The Morgan fingerprint density at radius 3 is 2.75 bits per heavy atom. The summed E-state index contributed by atoms with van der Waals surface area (Å²) >= 11 is 0. The zero-order valence-electron chi connectivity index (χ0n) is 12.1. The second kappa shape index (κ2) is 6.45. The molecule has 5 heteroatoms. The monoisotopic (exact) mass is 272 g/mol. The highest BCUT2D eigenvalue weighted by atomic mass is 16.5. The molecule has 2 aromatic heterocycles. The summed E-state index contributed by atoms with van der Waals surface area (Å²) in [6.45, 7) is 6.50. The predicted octanol–water partition coefficient (Wildman–Crippen LogP) is 2.04. The van der Waals surface area contributed by atoms with E-state index in [9.17, 15) is 0 Å². The van der Waals surface area contributed by atoms with Crippen molar-refractivity contribution in [3.63, 3.8) is 0 Å². The summed E-state index contributed by atoms with van der Waals surface area (Å²) in [6, 6.07) is 5.80. The molecule has 0 aromatic carbocycles. The number of nitrogens with two attached hydrogens (primary N) is 1. The van der Waals surface area contributed by atoms with Crippen LogP contribution in [0.5, 0.6) is 5.75 Å². The lowest BCUT2D eigenvalue weighted by atomic mass is 9.99. The van der Waals surface area contributed by atoms with Crippen LogP contribution in [0.3, 0.4) is 0 Å². The highest BCUT2D eigenvalue weighted by Gasteiger charge is 2.16. The van der Waals surface area contributed by atoms with Gasteiger partial charge in [-0.25, -0.2) is 5.43 Å². The van der Waals surface area contributed by atoms with Crippen LogP contribution >= 0.6 is 0 Å². The van der Waals surface area contributed by atoms with Crippen molar-refractivity contribution in [1.29, 1.82) is 0 Å². The fourth-order valence-corrected chi connectivity index (χ4v) is 2.21. The molecule has 2 heterocycles. The van der Waals surface area contributed by atoms with Gasteiger partial charge in [-0.2, -0.15) is 0 Å². The lowest BCUT2D eigenvalue weighted by molar-refractivity contribution is 0.338. The molecule has 1 unspecified atom stereocenters. The van der Waals surface area contributed by atoms with Crippen LogP contribution in [-0.4, -0.2) is 16.6 Å². The average Bonchev–Trinajstić information content (AvgIpc) is 2.43. The van der Waals surface area contributed by atoms with Gasteiger partial charge in [0, 0.05) is 17.6 Å². The van der Waals surface area contributed by atoms with Crippen molar-refractivity contribution < 1.29 is 4.74 Å². The van der Waals surface area contributed by atoms with Gasteiger partial charge < -0.3 is 4.74 Å². The highest BCUT2D eigenvalue weighted by molar-refractivity contribution is 5.36. The van der Waals surface area contributed by atoms with E-state index in [1.54, 1.807) is 12.4 Å². The average molecular weight is 272 g/mol. The van der Waals surface area contributed by atoms with Gasteiger partial charge >= 0.3 is 0 Å². The Morgan fingerprint density at radius 1 is 1.30 bits per heavy atom. The molecule has 5 nitrogen and oxygen atoms in total. The maximum atomic E-state index is 5.72. The van der Waals surface area contributed by atoms with Gasteiger partial charge in [-0.15, -0.1) is 0 Å². The SMILES string of the molecule is CCOc1cncc(C(NN)c2ccc(C)nc2C)c1. The molecule has 0 saturated carbocycles. The number of aryl methyl sites for hydroxylation is 2. The summed E-state index contributed by atoms with van der Waals surface area (Å²) < 4.78 is 5.48. The topological polar surface area (TPSA) is 73.1 Å². The van der Waals surface area contributed by atoms with Crippen LogP contribution in [0.1, 0.15) is 35.5 Å². The molecule has 0 aliphatic rings. The van der Waals surface area contributed by atoms with Crippen LogP contribution in [0.25, 0.3) is 0 Å². The Balaban J connectivity index is 2.38. The minimum absolute atomic E-state index is 0.156. The quantitative estimate of drug-likeness (QED) is 0.643. The number of nitrogens with one attached hydrogen (secondary N) is 1.